The number of rotatable bonds is 4. The van der Waals surface area contributed by atoms with Crippen LogP contribution in [0.3, 0.4) is 0 Å². The van der Waals surface area contributed by atoms with Crippen molar-refractivity contribution >= 4 is 23.0 Å². The topological polar surface area (TPSA) is 64.3 Å². The summed E-state index contributed by atoms with van der Waals surface area (Å²) in [6, 6.07) is 7.94. The van der Waals surface area contributed by atoms with Crippen LogP contribution in [0.4, 0.5) is 25.8 Å². The van der Waals surface area contributed by atoms with Gasteiger partial charge in [-0.25, -0.2) is 13.6 Å². The van der Waals surface area contributed by atoms with Gasteiger partial charge in [-0.2, -0.15) is 0 Å². The van der Waals surface area contributed by atoms with Crippen LogP contribution in [-0.2, 0) is 4.74 Å². The fourth-order valence-electron chi connectivity index (χ4n) is 1.74. The van der Waals surface area contributed by atoms with E-state index < -0.39 is 17.6 Å². The van der Waals surface area contributed by atoms with Gasteiger partial charge in [-0.15, -0.1) is 0 Å². The number of esters is 1. The molecule has 2 aromatic rings. The number of carbonyl (C=O) groups is 1. The average Bonchev–Trinajstić information content (AvgIpc) is 2.45. The third-order valence-electron chi connectivity index (χ3n) is 2.76. The maximum atomic E-state index is 13.2. The van der Waals surface area contributed by atoms with Gasteiger partial charge < -0.3 is 15.8 Å². The fraction of sp³-hybridized carbons (Fsp3) is 0.133. The minimum atomic E-state index is -0.972. The van der Waals surface area contributed by atoms with Crippen LogP contribution in [0.2, 0.25) is 0 Å². The number of ether oxygens (including phenoxy) is 1. The Morgan fingerprint density at radius 1 is 1.19 bits per heavy atom. The van der Waals surface area contributed by atoms with Crippen LogP contribution in [-0.4, -0.2) is 12.6 Å². The molecule has 0 saturated heterocycles. The largest absolute Gasteiger partial charge is 0.462 e. The third-order valence-corrected chi connectivity index (χ3v) is 2.76. The second kappa shape index (κ2) is 6.21. The lowest BCUT2D eigenvalue weighted by atomic mass is 10.1. The smallest absolute Gasteiger partial charge is 0.338 e. The average molecular weight is 292 g/mol. The Balaban J connectivity index is 2.28. The van der Waals surface area contributed by atoms with E-state index in [0.717, 1.165) is 12.1 Å². The van der Waals surface area contributed by atoms with E-state index in [2.05, 4.69) is 5.32 Å². The summed E-state index contributed by atoms with van der Waals surface area (Å²) in [6.45, 7) is 1.96. The van der Waals surface area contributed by atoms with Gasteiger partial charge in [-0.1, -0.05) is 0 Å². The Kier molecular flexibility index (Phi) is 4.37. The van der Waals surface area contributed by atoms with Crippen molar-refractivity contribution < 1.29 is 18.3 Å². The zero-order valence-electron chi connectivity index (χ0n) is 11.3. The number of nitrogen functional groups attached to an aromatic ring is 1. The minimum absolute atomic E-state index is 0.259. The Morgan fingerprint density at radius 3 is 2.62 bits per heavy atom. The highest BCUT2D eigenvalue weighted by molar-refractivity contribution is 5.92. The summed E-state index contributed by atoms with van der Waals surface area (Å²) in [6.07, 6.45) is 0. The van der Waals surface area contributed by atoms with Gasteiger partial charge in [-0.3, -0.25) is 0 Å². The van der Waals surface area contributed by atoms with Gasteiger partial charge in [0, 0.05) is 11.8 Å². The minimum Gasteiger partial charge on any atom is -0.462 e. The summed E-state index contributed by atoms with van der Waals surface area (Å²) in [5, 5.41) is 2.84. The number of hydrogen-bond acceptors (Lipinski definition) is 4. The van der Waals surface area contributed by atoms with Gasteiger partial charge in [0.15, 0.2) is 11.6 Å². The molecule has 0 saturated carbocycles. The zero-order valence-corrected chi connectivity index (χ0v) is 11.3. The van der Waals surface area contributed by atoms with Gasteiger partial charge >= 0.3 is 5.97 Å². The Hall–Kier alpha value is -2.63. The number of anilines is 3. The molecule has 0 unspecified atom stereocenters. The Labute approximate surface area is 120 Å². The third kappa shape index (κ3) is 3.47. The van der Waals surface area contributed by atoms with E-state index in [1.807, 2.05) is 0 Å². The lowest BCUT2D eigenvalue weighted by molar-refractivity contribution is 0.0526. The molecule has 0 atom stereocenters. The predicted octanol–water partition coefficient (Wildman–Crippen LogP) is 3.47. The molecule has 4 nitrogen and oxygen atoms in total. The molecular weight excluding hydrogens is 278 g/mol. The number of nitrogens with one attached hydrogen (secondary N) is 1. The lowest BCUT2D eigenvalue weighted by Crippen LogP contribution is -2.06. The predicted molar refractivity (Wildman–Crippen MR) is 76.5 cm³/mol. The molecule has 110 valence electrons. The lowest BCUT2D eigenvalue weighted by Gasteiger charge is -2.11. The van der Waals surface area contributed by atoms with Crippen molar-refractivity contribution in [1.82, 2.24) is 0 Å². The van der Waals surface area contributed by atoms with Crippen molar-refractivity contribution in [1.29, 1.82) is 0 Å². The first-order valence-corrected chi connectivity index (χ1v) is 6.30. The maximum absolute atomic E-state index is 13.2. The second-order valence-corrected chi connectivity index (χ2v) is 4.28. The van der Waals surface area contributed by atoms with E-state index in [1.165, 1.54) is 24.3 Å². The standard InChI is InChI=1S/C15H14F2N2O2/c1-2-21-15(20)9-3-6-13(18)14(7-9)19-10-4-5-11(16)12(17)8-10/h3-8,19H,2,18H2,1H3. The normalized spacial score (nSPS) is 10.2. The maximum Gasteiger partial charge on any atom is 0.338 e. The van der Waals surface area contributed by atoms with Crippen LogP contribution >= 0.6 is 0 Å². The summed E-state index contributed by atoms with van der Waals surface area (Å²) < 4.78 is 30.9. The number of nitrogens with two attached hydrogens (primary N) is 1. The van der Waals surface area contributed by atoms with Crippen molar-refractivity contribution in [2.75, 3.05) is 17.7 Å². The Morgan fingerprint density at radius 2 is 1.95 bits per heavy atom. The molecule has 0 aliphatic heterocycles. The van der Waals surface area contributed by atoms with Crippen LogP contribution in [0.5, 0.6) is 0 Å². The highest BCUT2D eigenvalue weighted by Gasteiger charge is 2.10. The molecule has 0 amide bonds. The van der Waals surface area contributed by atoms with E-state index in [9.17, 15) is 13.6 Å². The SMILES string of the molecule is CCOC(=O)c1ccc(N)c(Nc2ccc(F)c(F)c2)c1. The highest BCUT2D eigenvalue weighted by Crippen LogP contribution is 2.25. The van der Waals surface area contributed by atoms with Crippen LogP contribution in [0.15, 0.2) is 36.4 Å². The molecule has 0 aliphatic carbocycles. The number of benzene rings is 2. The molecule has 2 aromatic carbocycles. The Bertz CT molecular complexity index is 675. The molecule has 21 heavy (non-hydrogen) atoms. The van der Waals surface area contributed by atoms with Crippen LogP contribution < -0.4 is 11.1 Å². The van der Waals surface area contributed by atoms with E-state index >= 15 is 0 Å². The summed E-state index contributed by atoms with van der Waals surface area (Å²) in [4.78, 5) is 11.7. The fourth-order valence-corrected chi connectivity index (χ4v) is 1.74. The molecule has 0 heterocycles. The van der Waals surface area contributed by atoms with Crippen LogP contribution in [0.1, 0.15) is 17.3 Å². The monoisotopic (exact) mass is 292 g/mol. The van der Waals surface area contributed by atoms with E-state index in [-0.39, 0.29) is 6.61 Å². The molecular formula is C15H14F2N2O2. The van der Waals surface area contributed by atoms with Gasteiger partial charge in [0.25, 0.3) is 0 Å². The first-order valence-electron chi connectivity index (χ1n) is 6.30. The van der Waals surface area contributed by atoms with Crippen molar-refractivity contribution in [3.05, 3.63) is 53.6 Å². The van der Waals surface area contributed by atoms with Gasteiger partial charge in [0.05, 0.1) is 23.5 Å². The molecule has 2 rings (SSSR count). The van der Waals surface area contributed by atoms with Crippen molar-refractivity contribution in [3.8, 4) is 0 Å². The van der Waals surface area contributed by atoms with Crippen molar-refractivity contribution in [2.24, 2.45) is 0 Å². The number of halogens is 2. The molecule has 0 fully saturated rings. The quantitative estimate of drug-likeness (QED) is 0.669. The van der Waals surface area contributed by atoms with E-state index in [1.54, 1.807) is 6.92 Å². The molecule has 0 spiro atoms. The summed E-state index contributed by atoms with van der Waals surface area (Å²) in [5.41, 5.74) is 7.21. The molecule has 0 radical (unpaired) electrons. The molecule has 0 aromatic heterocycles. The van der Waals surface area contributed by atoms with Crippen LogP contribution in [0.25, 0.3) is 0 Å². The van der Waals surface area contributed by atoms with Gasteiger partial charge in [0.2, 0.25) is 0 Å². The molecule has 6 heteroatoms. The van der Waals surface area contributed by atoms with Crippen molar-refractivity contribution in [3.63, 3.8) is 0 Å². The van der Waals surface area contributed by atoms with Gasteiger partial charge in [-0.05, 0) is 37.3 Å². The van der Waals surface area contributed by atoms with Crippen molar-refractivity contribution in [2.45, 2.75) is 6.92 Å². The van der Waals surface area contributed by atoms with Crippen LogP contribution in [0, 0.1) is 11.6 Å². The summed E-state index contributed by atoms with van der Waals surface area (Å²) in [5.74, 6) is -2.39. The zero-order chi connectivity index (χ0) is 15.4. The first-order chi connectivity index (χ1) is 10.0. The molecule has 3 N–H and O–H groups in total. The molecule has 0 aliphatic rings. The van der Waals surface area contributed by atoms with E-state index in [0.29, 0.717) is 22.6 Å². The second-order valence-electron chi connectivity index (χ2n) is 4.28. The highest BCUT2D eigenvalue weighted by atomic mass is 19.2. The summed E-state index contributed by atoms with van der Waals surface area (Å²) in [7, 11) is 0. The molecule has 0 bridgehead atoms. The van der Waals surface area contributed by atoms with Gasteiger partial charge in [0.1, 0.15) is 0 Å². The summed E-state index contributed by atoms with van der Waals surface area (Å²) >= 11 is 0. The van der Waals surface area contributed by atoms with E-state index in [4.69, 9.17) is 10.5 Å². The number of hydrogen-bond donors (Lipinski definition) is 2. The first kappa shape index (κ1) is 14.8. The number of carbonyl (C=O) groups excluding carboxylic acids is 1.